The van der Waals surface area contributed by atoms with Gasteiger partial charge in [-0.05, 0) is 48.9 Å². The van der Waals surface area contributed by atoms with Crippen LogP contribution in [0.4, 0.5) is 11.4 Å². The van der Waals surface area contributed by atoms with Crippen LogP contribution in [-0.2, 0) is 20.9 Å². The predicted molar refractivity (Wildman–Crippen MR) is 150 cm³/mol. The molecule has 3 amide bonds. The SMILES string of the molecule is CNC(C)C(=O)NC1CN(C(=O)CC(C)C)c2ccccc2N(Cc2c(OC)ccc3ccccc23)C1=O. The van der Waals surface area contributed by atoms with Crippen LogP contribution in [0.1, 0.15) is 32.8 Å². The molecular formula is C30H36N4O4. The molecule has 3 aromatic carbocycles. The zero-order chi connectivity index (χ0) is 27.4. The van der Waals surface area contributed by atoms with Crippen molar-refractivity contribution in [3.8, 4) is 5.75 Å². The summed E-state index contributed by atoms with van der Waals surface area (Å²) in [6, 6.07) is 17.8. The van der Waals surface area contributed by atoms with Gasteiger partial charge in [0.25, 0.3) is 5.91 Å². The molecular weight excluding hydrogens is 480 g/mol. The zero-order valence-corrected chi connectivity index (χ0v) is 22.7. The fourth-order valence-electron chi connectivity index (χ4n) is 4.81. The van der Waals surface area contributed by atoms with Gasteiger partial charge < -0.3 is 25.2 Å². The van der Waals surface area contributed by atoms with Crippen molar-refractivity contribution in [3.05, 3.63) is 66.2 Å². The van der Waals surface area contributed by atoms with E-state index in [1.807, 2.05) is 74.5 Å². The molecule has 0 spiro atoms. The molecule has 1 aliphatic rings. The number of para-hydroxylation sites is 2. The molecule has 2 atom stereocenters. The zero-order valence-electron chi connectivity index (χ0n) is 22.7. The lowest BCUT2D eigenvalue weighted by molar-refractivity contribution is -0.128. The Morgan fingerprint density at radius 3 is 2.37 bits per heavy atom. The van der Waals surface area contributed by atoms with Crippen LogP contribution in [0.5, 0.6) is 5.75 Å². The summed E-state index contributed by atoms with van der Waals surface area (Å²) in [6.07, 6.45) is 0.327. The Morgan fingerprint density at radius 1 is 1.00 bits per heavy atom. The van der Waals surface area contributed by atoms with E-state index in [0.717, 1.165) is 16.3 Å². The number of nitrogens with zero attached hydrogens (tertiary/aromatic N) is 2. The van der Waals surface area contributed by atoms with Crippen LogP contribution in [0.3, 0.4) is 0 Å². The highest BCUT2D eigenvalue weighted by molar-refractivity contribution is 6.08. The van der Waals surface area contributed by atoms with E-state index in [4.69, 9.17) is 4.74 Å². The van der Waals surface area contributed by atoms with Crippen LogP contribution in [0.15, 0.2) is 60.7 Å². The van der Waals surface area contributed by atoms with Crippen molar-refractivity contribution in [3.63, 3.8) is 0 Å². The van der Waals surface area contributed by atoms with Gasteiger partial charge in [0.2, 0.25) is 11.8 Å². The molecule has 38 heavy (non-hydrogen) atoms. The molecule has 0 aromatic heterocycles. The van der Waals surface area contributed by atoms with Gasteiger partial charge in [0.05, 0.1) is 37.6 Å². The number of fused-ring (bicyclic) bond motifs is 2. The fourth-order valence-corrected chi connectivity index (χ4v) is 4.81. The fraction of sp³-hybridized carbons (Fsp3) is 0.367. The average molecular weight is 517 g/mol. The Bertz CT molecular complexity index is 1340. The number of anilines is 2. The Kier molecular flexibility index (Phi) is 8.32. The van der Waals surface area contributed by atoms with Crippen molar-refractivity contribution in [2.75, 3.05) is 30.5 Å². The number of nitrogens with one attached hydrogen (secondary N) is 2. The predicted octanol–water partition coefficient (Wildman–Crippen LogP) is 3.87. The number of ether oxygens (including phenoxy) is 1. The van der Waals surface area contributed by atoms with Crippen molar-refractivity contribution in [2.24, 2.45) is 5.92 Å². The smallest absolute Gasteiger partial charge is 0.251 e. The molecule has 3 aromatic rings. The van der Waals surface area contributed by atoms with Crippen LogP contribution >= 0.6 is 0 Å². The number of likely N-dealkylation sites (N-methyl/N-ethyl adjacent to an activating group) is 1. The van der Waals surface area contributed by atoms with Crippen molar-refractivity contribution >= 4 is 39.9 Å². The van der Waals surface area contributed by atoms with Gasteiger partial charge in [-0.15, -0.1) is 0 Å². The first-order valence-corrected chi connectivity index (χ1v) is 13.0. The first-order chi connectivity index (χ1) is 18.2. The van der Waals surface area contributed by atoms with Gasteiger partial charge in [-0.25, -0.2) is 0 Å². The summed E-state index contributed by atoms with van der Waals surface area (Å²) >= 11 is 0. The van der Waals surface area contributed by atoms with Gasteiger partial charge in [0, 0.05) is 12.0 Å². The molecule has 200 valence electrons. The van der Waals surface area contributed by atoms with Gasteiger partial charge in [0.1, 0.15) is 11.8 Å². The monoisotopic (exact) mass is 516 g/mol. The Balaban J connectivity index is 1.85. The number of carbonyl (C=O) groups is 3. The topological polar surface area (TPSA) is 91.0 Å². The summed E-state index contributed by atoms with van der Waals surface area (Å²) in [4.78, 5) is 43.8. The number of amides is 3. The van der Waals surface area contributed by atoms with Crippen molar-refractivity contribution in [1.29, 1.82) is 0 Å². The molecule has 2 N–H and O–H groups in total. The summed E-state index contributed by atoms with van der Waals surface area (Å²) in [5.74, 6) is 0.114. The Hall–Kier alpha value is -3.91. The largest absolute Gasteiger partial charge is 0.496 e. The van der Waals surface area contributed by atoms with Crippen LogP contribution in [0.25, 0.3) is 10.8 Å². The molecule has 1 heterocycles. The molecule has 0 aliphatic carbocycles. The van der Waals surface area contributed by atoms with Crippen molar-refractivity contribution in [2.45, 2.75) is 45.8 Å². The summed E-state index contributed by atoms with van der Waals surface area (Å²) in [5, 5.41) is 7.81. The molecule has 0 fully saturated rings. The van der Waals surface area contributed by atoms with E-state index in [1.165, 1.54) is 0 Å². The number of methoxy groups -OCH3 is 1. The number of hydrogen-bond donors (Lipinski definition) is 2. The van der Waals surface area contributed by atoms with E-state index in [2.05, 4.69) is 10.6 Å². The quantitative estimate of drug-likeness (QED) is 0.474. The molecule has 0 radical (unpaired) electrons. The van der Waals surface area contributed by atoms with E-state index in [9.17, 15) is 14.4 Å². The maximum Gasteiger partial charge on any atom is 0.251 e. The number of hydrogen-bond acceptors (Lipinski definition) is 5. The highest BCUT2D eigenvalue weighted by atomic mass is 16.5. The van der Waals surface area contributed by atoms with E-state index in [1.54, 1.807) is 30.9 Å². The van der Waals surface area contributed by atoms with Crippen LogP contribution in [0, 0.1) is 5.92 Å². The van der Waals surface area contributed by atoms with E-state index in [0.29, 0.717) is 23.5 Å². The van der Waals surface area contributed by atoms with Gasteiger partial charge in [-0.3, -0.25) is 14.4 Å². The van der Waals surface area contributed by atoms with Gasteiger partial charge in [0.15, 0.2) is 0 Å². The number of carbonyl (C=O) groups excluding carboxylic acids is 3. The second kappa shape index (κ2) is 11.6. The normalized spacial score (nSPS) is 16.3. The minimum atomic E-state index is -0.928. The molecule has 0 bridgehead atoms. The second-order valence-corrected chi connectivity index (χ2v) is 10.1. The maximum absolute atomic E-state index is 14.2. The summed E-state index contributed by atoms with van der Waals surface area (Å²) < 4.78 is 5.71. The van der Waals surface area contributed by atoms with Gasteiger partial charge in [-0.2, -0.15) is 0 Å². The lowest BCUT2D eigenvalue weighted by atomic mass is 10.0. The molecule has 0 saturated heterocycles. The maximum atomic E-state index is 14.2. The highest BCUT2D eigenvalue weighted by Gasteiger charge is 2.37. The molecule has 1 aliphatic heterocycles. The van der Waals surface area contributed by atoms with Gasteiger partial charge >= 0.3 is 0 Å². The summed E-state index contributed by atoms with van der Waals surface area (Å²) in [5.41, 5.74) is 2.11. The minimum absolute atomic E-state index is 0.0484. The van der Waals surface area contributed by atoms with Crippen LogP contribution in [-0.4, -0.2) is 50.5 Å². The third-order valence-electron chi connectivity index (χ3n) is 6.95. The second-order valence-electron chi connectivity index (χ2n) is 10.1. The van der Waals surface area contributed by atoms with E-state index >= 15 is 0 Å². The summed E-state index contributed by atoms with van der Waals surface area (Å²) in [7, 11) is 3.30. The lowest BCUT2D eigenvalue weighted by Crippen LogP contribution is -2.55. The van der Waals surface area contributed by atoms with Crippen molar-refractivity contribution in [1.82, 2.24) is 10.6 Å². The molecule has 4 rings (SSSR count). The van der Waals surface area contributed by atoms with Gasteiger partial charge in [-0.1, -0.05) is 56.3 Å². The average Bonchev–Trinajstić information content (AvgIpc) is 3.03. The van der Waals surface area contributed by atoms with E-state index in [-0.39, 0.29) is 36.7 Å². The van der Waals surface area contributed by atoms with Crippen LogP contribution in [0.2, 0.25) is 0 Å². The lowest BCUT2D eigenvalue weighted by Gasteiger charge is -2.27. The molecule has 8 nitrogen and oxygen atoms in total. The Labute approximate surface area is 223 Å². The molecule has 2 unspecified atom stereocenters. The molecule has 0 saturated carbocycles. The third kappa shape index (κ3) is 5.50. The van der Waals surface area contributed by atoms with Crippen LogP contribution < -0.4 is 25.2 Å². The standard InChI is InChI=1S/C30H36N4O4/c1-19(2)16-28(35)33-18-24(32-29(36)20(3)31-4)30(37)34(26-13-9-8-12-25(26)33)17-23-22-11-7-6-10-21(22)14-15-27(23)38-5/h6-15,19-20,24,31H,16-18H2,1-5H3,(H,32,36). The van der Waals surface area contributed by atoms with E-state index < -0.39 is 12.1 Å². The minimum Gasteiger partial charge on any atom is -0.496 e. The van der Waals surface area contributed by atoms with Crippen molar-refractivity contribution < 1.29 is 19.1 Å². The number of rotatable bonds is 8. The number of benzene rings is 3. The third-order valence-corrected chi connectivity index (χ3v) is 6.95. The highest BCUT2D eigenvalue weighted by Crippen LogP contribution is 2.37. The Morgan fingerprint density at radius 2 is 1.68 bits per heavy atom. The first-order valence-electron chi connectivity index (χ1n) is 13.0. The first kappa shape index (κ1) is 27.1. The molecule has 8 heteroatoms. The summed E-state index contributed by atoms with van der Waals surface area (Å²) in [6.45, 7) is 5.96.